The number of ether oxygens (including phenoxy) is 1. The molecule has 1 nitrogen and oxygen atoms in total. The van der Waals surface area contributed by atoms with Crippen molar-refractivity contribution in [2.75, 3.05) is 6.61 Å². The lowest BCUT2D eigenvalue weighted by molar-refractivity contribution is -0.368. The van der Waals surface area contributed by atoms with Crippen molar-refractivity contribution >= 4 is 0 Å². The second-order valence-electron chi connectivity index (χ2n) is 2.96. The SMILES string of the molecule is FC(C(F)(F)F)C(F)(F)OCC(F)(F)C(F)(F)F. The molecule has 1 atom stereocenters. The van der Waals surface area contributed by atoms with Crippen LogP contribution < -0.4 is 0 Å². The van der Waals surface area contributed by atoms with E-state index < -0.39 is 37.2 Å². The second-order valence-corrected chi connectivity index (χ2v) is 2.96. The maximum atomic E-state index is 12.2. The molecule has 0 rings (SSSR count). The van der Waals surface area contributed by atoms with Crippen LogP contribution in [0, 0.1) is 0 Å². The topological polar surface area (TPSA) is 9.23 Å². The molecule has 0 spiro atoms. The minimum absolute atomic E-state index is 2.41. The van der Waals surface area contributed by atoms with Crippen molar-refractivity contribution in [2.45, 2.75) is 30.6 Å². The Bertz CT molecular complexity index is 276. The predicted molar refractivity (Wildman–Crippen MR) is 32.9 cm³/mol. The first-order valence-electron chi connectivity index (χ1n) is 3.78. The Kier molecular flexibility index (Phi) is 4.49. The van der Waals surface area contributed by atoms with Crippen LogP contribution in [0.2, 0.25) is 0 Å². The number of hydrogen-bond donors (Lipinski definition) is 0. The van der Waals surface area contributed by atoms with E-state index in [4.69, 9.17) is 0 Å². The van der Waals surface area contributed by atoms with Gasteiger partial charge < -0.3 is 4.74 Å². The number of alkyl halides is 11. The van der Waals surface area contributed by atoms with Crippen LogP contribution >= 0.6 is 0 Å². The largest absolute Gasteiger partial charge is 0.455 e. The van der Waals surface area contributed by atoms with Gasteiger partial charge in [0.1, 0.15) is 6.61 Å². The molecule has 0 amide bonds. The van der Waals surface area contributed by atoms with Crippen molar-refractivity contribution < 1.29 is 53.0 Å². The summed E-state index contributed by atoms with van der Waals surface area (Å²) in [5.41, 5.74) is 0. The van der Waals surface area contributed by atoms with E-state index in [0.717, 1.165) is 0 Å². The molecule has 0 aromatic rings. The van der Waals surface area contributed by atoms with Gasteiger partial charge in [-0.2, -0.15) is 43.9 Å². The van der Waals surface area contributed by atoms with Gasteiger partial charge in [0.25, 0.3) is 6.17 Å². The summed E-state index contributed by atoms with van der Waals surface area (Å²) in [6.45, 7) is -3.14. The molecule has 0 saturated heterocycles. The highest BCUT2D eigenvalue weighted by molar-refractivity contribution is 4.79. The molecule has 0 N–H and O–H groups in total. The van der Waals surface area contributed by atoms with Gasteiger partial charge in [-0.25, -0.2) is 4.39 Å². The zero-order chi connectivity index (χ0) is 15.0. The Labute approximate surface area is 91.5 Å². The van der Waals surface area contributed by atoms with Crippen molar-refractivity contribution in [3.05, 3.63) is 0 Å². The summed E-state index contributed by atoms with van der Waals surface area (Å²) < 4.78 is 132. The van der Waals surface area contributed by atoms with Gasteiger partial charge in [-0.05, 0) is 0 Å². The van der Waals surface area contributed by atoms with E-state index in [1.165, 1.54) is 0 Å². The van der Waals surface area contributed by atoms with Crippen molar-refractivity contribution in [2.24, 2.45) is 0 Å². The van der Waals surface area contributed by atoms with Gasteiger partial charge in [0, 0.05) is 0 Å². The zero-order valence-corrected chi connectivity index (χ0v) is 7.85. The number of rotatable bonds is 4. The quantitative estimate of drug-likeness (QED) is 0.719. The fourth-order valence-electron chi connectivity index (χ4n) is 0.532. The first-order chi connectivity index (χ1) is 7.61. The van der Waals surface area contributed by atoms with E-state index in [0.29, 0.717) is 0 Å². The van der Waals surface area contributed by atoms with Crippen LogP contribution in [0.1, 0.15) is 0 Å². The molecular weight excluding hydrogens is 297 g/mol. The van der Waals surface area contributed by atoms with Crippen LogP contribution in [0.3, 0.4) is 0 Å². The maximum Gasteiger partial charge on any atom is 0.455 e. The molecule has 0 radical (unpaired) electrons. The van der Waals surface area contributed by atoms with E-state index in [9.17, 15) is 48.3 Å². The molecule has 0 heterocycles. The molecule has 110 valence electrons. The second kappa shape index (κ2) is 4.70. The number of hydrogen-bond acceptors (Lipinski definition) is 1. The van der Waals surface area contributed by atoms with E-state index in [-0.39, 0.29) is 0 Å². The van der Waals surface area contributed by atoms with Gasteiger partial charge in [-0.1, -0.05) is 0 Å². The molecule has 0 saturated carbocycles. The van der Waals surface area contributed by atoms with Gasteiger partial charge in [0.15, 0.2) is 0 Å². The van der Waals surface area contributed by atoms with Gasteiger partial charge in [0.2, 0.25) is 0 Å². The minimum Gasteiger partial charge on any atom is -0.311 e. The molecule has 0 aliphatic heterocycles. The first-order valence-corrected chi connectivity index (χ1v) is 3.78. The molecule has 0 aromatic carbocycles. The van der Waals surface area contributed by atoms with Gasteiger partial charge in [-0.3, -0.25) is 0 Å². The monoisotopic (exact) mass is 300 g/mol. The highest BCUT2D eigenvalue weighted by Gasteiger charge is 2.63. The normalized spacial score (nSPS) is 16.8. The Morgan fingerprint density at radius 3 is 1.44 bits per heavy atom. The lowest BCUT2D eigenvalue weighted by Crippen LogP contribution is -2.48. The van der Waals surface area contributed by atoms with Crippen LogP contribution in [-0.2, 0) is 4.74 Å². The fraction of sp³-hybridized carbons (Fsp3) is 1.00. The Morgan fingerprint density at radius 1 is 0.778 bits per heavy atom. The molecule has 1 unspecified atom stereocenters. The van der Waals surface area contributed by atoms with Crippen LogP contribution in [0.5, 0.6) is 0 Å². The first kappa shape index (κ1) is 17.2. The smallest absolute Gasteiger partial charge is 0.311 e. The summed E-state index contributed by atoms with van der Waals surface area (Å²) in [4.78, 5) is 0. The Balaban J connectivity index is 4.73. The summed E-state index contributed by atoms with van der Waals surface area (Å²) in [5.74, 6) is -5.83. The lowest BCUT2D eigenvalue weighted by atomic mass is 10.3. The third-order valence-corrected chi connectivity index (χ3v) is 1.44. The van der Waals surface area contributed by atoms with Crippen LogP contribution in [0.4, 0.5) is 48.3 Å². The zero-order valence-electron chi connectivity index (χ0n) is 7.85. The molecule has 18 heavy (non-hydrogen) atoms. The molecule has 0 aromatic heterocycles. The van der Waals surface area contributed by atoms with Crippen LogP contribution in [-0.4, -0.2) is 37.2 Å². The van der Waals surface area contributed by atoms with Crippen LogP contribution in [0.15, 0.2) is 0 Å². The van der Waals surface area contributed by atoms with Crippen molar-refractivity contribution in [1.29, 1.82) is 0 Å². The summed E-state index contributed by atoms with van der Waals surface area (Å²) in [5, 5.41) is 0. The summed E-state index contributed by atoms with van der Waals surface area (Å²) in [6.07, 6.45) is -23.4. The van der Waals surface area contributed by atoms with Gasteiger partial charge in [-0.15, -0.1) is 0 Å². The Morgan fingerprint density at radius 2 is 1.17 bits per heavy atom. The maximum absolute atomic E-state index is 12.2. The summed E-state index contributed by atoms with van der Waals surface area (Å²) >= 11 is 0. The third kappa shape index (κ3) is 4.14. The average molecular weight is 300 g/mol. The summed E-state index contributed by atoms with van der Waals surface area (Å²) in [7, 11) is 0. The third-order valence-electron chi connectivity index (χ3n) is 1.44. The summed E-state index contributed by atoms with van der Waals surface area (Å²) in [6, 6.07) is 0. The van der Waals surface area contributed by atoms with Crippen molar-refractivity contribution in [1.82, 2.24) is 0 Å². The Hall–Kier alpha value is -0.810. The van der Waals surface area contributed by atoms with Crippen LogP contribution in [0.25, 0.3) is 0 Å². The molecule has 0 aliphatic carbocycles. The highest BCUT2D eigenvalue weighted by atomic mass is 19.4. The minimum atomic E-state index is -6.31. The highest BCUT2D eigenvalue weighted by Crippen LogP contribution is 2.40. The average Bonchev–Trinajstić information content (AvgIpc) is 2.10. The van der Waals surface area contributed by atoms with Crippen molar-refractivity contribution in [3.8, 4) is 0 Å². The van der Waals surface area contributed by atoms with Gasteiger partial charge in [0.05, 0.1) is 0 Å². The number of halogens is 11. The molecular formula is C6H3F11O. The van der Waals surface area contributed by atoms with E-state index in [1.807, 2.05) is 0 Å². The molecule has 0 fully saturated rings. The lowest BCUT2D eigenvalue weighted by Gasteiger charge is -2.25. The van der Waals surface area contributed by atoms with E-state index >= 15 is 0 Å². The standard InChI is InChI=1S/C6H3F11O/c7-2(4(10,11)12)5(13,14)18-1-3(8,9)6(15,16)17/h2H,1H2. The predicted octanol–water partition coefficient (Wildman–Crippen LogP) is 3.69. The molecule has 12 heteroatoms. The van der Waals surface area contributed by atoms with Crippen molar-refractivity contribution in [3.63, 3.8) is 0 Å². The fourth-order valence-corrected chi connectivity index (χ4v) is 0.532. The molecule has 0 bridgehead atoms. The van der Waals surface area contributed by atoms with E-state index in [2.05, 4.69) is 4.74 Å². The molecule has 0 aliphatic rings. The van der Waals surface area contributed by atoms with Gasteiger partial charge >= 0.3 is 24.4 Å². The van der Waals surface area contributed by atoms with E-state index in [1.54, 1.807) is 0 Å².